The number of aryl methyl sites for hydroxylation is 1. The van der Waals surface area contributed by atoms with Crippen LogP contribution in [0.1, 0.15) is 36.7 Å². The summed E-state index contributed by atoms with van der Waals surface area (Å²) in [5, 5.41) is 7.72. The van der Waals surface area contributed by atoms with Crippen LogP contribution in [0.5, 0.6) is 0 Å². The fourth-order valence-electron chi connectivity index (χ4n) is 1.46. The van der Waals surface area contributed by atoms with Crippen LogP contribution in [0.25, 0.3) is 0 Å². The number of hydrogen-bond acceptors (Lipinski definition) is 5. The molecule has 0 amide bonds. The number of rotatable bonds is 7. The summed E-state index contributed by atoms with van der Waals surface area (Å²) in [7, 11) is 0. The van der Waals surface area contributed by atoms with Crippen LogP contribution in [-0.2, 0) is 16.0 Å². The number of hydrogen-bond donors (Lipinski definition) is 0. The van der Waals surface area contributed by atoms with Gasteiger partial charge in [-0.15, -0.1) is 10.2 Å². The van der Waals surface area contributed by atoms with Crippen molar-refractivity contribution >= 4 is 5.97 Å². The zero-order chi connectivity index (χ0) is 12.7. The lowest BCUT2D eigenvalue weighted by molar-refractivity contribution is 0.0504. The smallest absolute Gasteiger partial charge is 0.376 e. The van der Waals surface area contributed by atoms with Crippen molar-refractivity contribution in [2.75, 3.05) is 19.8 Å². The lowest BCUT2D eigenvalue weighted by Crippen LogP contribution is -2.15. The molecule has 0 aliphatic rings. The van der Waals surface area contributed by atoms with E-state index in [1.165, 1.54) is 0 Å². The van der Waals surface area contributed by atoms with E-state index in [0.29, 0.717) is 32.2 Å². The van der Waals surface area contributed by atoms with E-state index in [0.717, 1.165) is 6.42 Å². The molecule has 1 heterocycles. The molecule has 17 heavy (non-hydrogen) atoms. The van der Waals surface area contributed by atoms with Crippen LogP contribution in [0, 0.1) is 6.92 Å². The molecule has 0 bridgehead atoms. The number of ether oxygens (including phenoxy) is 2. The van der Waals surface area contributed by atoms with Gasteiger partial charge in [0.05, 0.1) is 6.61 Å². The fraction of sp³-hybridized carbons (Fsp3) is 0.727. The molecular weight excluding hydrogens is 222 g/mol. The minimum absolute atomic E-state index is 0.265. The van der Waals surface area contributed by atoms with Crippen LogP contribution in [0.2, 0.25) is 0 Å². The van der Waals surface area contributed by atoms with E-state index in [-0.39, 0.29) is 5.82 Å². The number of aromatic nitrogens is 3. The van der Waals surface area contributed by atoms with Crippen molar-refractivity contribution < 1.29 is 14.3 Å². The van der Waals surface area contributed by atoms with Crippen molar-refractivity contribution in [3.05, 3.63) is 11.6 Å². The van der Waals surface area contributed by atoms with Crippen LogP contribution in [0.3, 0.4) is 0 Å². The van der Waals surface area contributed by atoms with Crippen LogP contribution < -0.4 is 0 Å². The molecule has 0 fully saturated rings. The van der Waals surface area contributed by atoms with Gasteiger partial charge in [-0.2, -0.15) is 0 Å². The largest absolute Gasteiger partial charge is 0.460 e. The Morgan fingerprint density at radius 3 is 2.71 bits per heavy atom. The second kappa shape index (κ2) is 7.01. The average Bonchev–Trinajstić information content (AvgIpc) is 2.67. The van der Waals surface area contributed by atoms with Crippen LogP contribution in [0.15, 0.2) is 0 Å². The van der Waals surface area contributed by atoms with E-state index in [4.69, 9.17) is 9.47 Å². The molecule has 0 aliphatic carbocycles. The molecule has 0 N–H and O–H groups in total. The Balaban J connectivity index is 2.63. The maximum absolute atomic E-state index is 11.6. The summed E-state index contributed by atoms with van der Waals surface area (Å²) in [6, 6.07) is 0. The number of carbonyl (C=O) groups excluding carboxylic acids is 1. The molecule has 0 aliphatic heterocycles. The Kier molecular flexibility index (Phi) is 5.62. The molecule has 0 unspecified atom stereocenters. The van der Waals surface area contributed by atoms with Crippen molar-refractivity contribution in [1.29, 1.82) is 0 Å². The summed E-state index contributed by atoms with van der Waals surface area (Å²) in [5.41, 5.74) is 0. The van der Waals surface area contributed by atoms with Gasteiger partial charge in [0.1, 0.15) is 5.82 Å². The van der Waals surface area contributed by atoms with Gasteiger partial charge in [-0.05, 0) is 27.2 Å². The molecule has 1 aromatic heterocycles. The van der Waals surface area contributed by atoms with Crippen LogP contribution >= 0.6 is 0 Å². The molecule has 6 heteroatoms. The predicted octanol–water partition coefficient (Wildman–Crippen LogP) is 1.19. The number of carbonyl (C=O) groups is 1. The predicted molar refractivity (Wildman–Crippen MR) is 61.8 cm³/mol. The van der Waals surface area contributed by atoms with Gasteiger partial charge >= 0.3 is 5.97 Å². The summed E-state index contributed by atoms with van der Waals surface area (Å²) < 4.78 is 11.9. The van der Waals surface area contributed by atoms with Gasteiger partial charge in [-0.3, -0.25) is 0 Å². The van der Waals surface area contributed by atoms with Gasteiger partial charge in [0.2, 0.25) is 5.82 Å². The van der Waals surface area contributed by atoms with E-state index in [2.05, 4.69) is 10.2 Å². The molecule has 6 nitrogen and oxygen atoms in total. The Morgan fingerprint density at radius 2 is 2.06 bits per heavy atom. The van der Waals surface area contributed by atoms with Crippen LogP contribution in [-0.4, -0.2) is 40.6 Å². The molecular formula is C11H19N3O3. The maximum Gasteiger partial charge on any atom is 0.376 e. The highest BCUT2D eigenvalue weighted by Gasteiger charge is 2.17. The Hall–Kier alpha value is -1.43. The SMILES string of the molecule is CCOCCCn1c(C)nnc1C(=O)OCC. The van der Waals surface area contributed by atoms with Gasteiger partial charge < -0.3 is 14.0 Å². The zero-order valence-corrected chi connectivity index (χ0v) is 10.6. The molecule has 0 saturated carbocycles. The van der Waals surface area contributed by atoms with Gasteiger partial charge in [-0.1, -0.05) is 0 Å². The summed E-state index contributed by atoms with van der Waals surface area (Å²) in [6.45, 7) is 7.89. The van der Waals surface area contributed by atoms with Crippen molar-refractivity contribution in [3.8, 4) is 0 Å². The Morgan fingerprint density at radius 1 is 1.29 bits per heavy atom. The third-order valence-electron chi connectivity index (χ3n) is 2.27. The first-order valence-electron chi connectivity index (χ1n) is 5.85. The molecule has 96 valence electrons. The topological polar surface area (TPSA) is 66.2 Å². The summed E-state index contributed by atoms with van der Waals surface area (Å²) in [5.74, 6) is 0.551. The lowest BCUT2D eigenvalue weighted by Gasteiger charge is -2.07. The first kappa shape index (κ1) is 13.6. The van der Waals surface area contributed by atoms with Gasteiger partial charge in [0, 0.05) is 19.8 Å². The van der Waals surface area contributed by atoms with Crippen LogP contribution in [0.4, 0.5) is 0 Å². The zero-order valence-electron chi connectivity index (χ0n) is 10.6. The molecule has 0 spiro atoms. The highest BCUT2D eigenvalue weighted by atomic mass is 16.5. The first-order valence-corrected chi connectivity index (χ1v) is 5.85. The monoisotopic (exact) mass is 241 g/mol. The molecule has 0 saturated heterocycles. The van der Waals surface area contributed by atoms with E-state index >= 15 is 0 Å². The van der Waals surface area contributed by atoms with Gasteiger partial charge in [0.25, 0.3) is 0 Å². The second-order valence-electron chi connectivity index (χ2n) is 3.49. The second-order valence-corrected chi connectivity index (χ2v) is 3.49. The molecule has 1 rings (SSSR count). The maximum atomic E-state index is 11.6. The van der Waals surface area contributed by atoms with E-state index in [1.807, 2.05) is 13.8 Å². The summed E-state index contributed by atoms with van der Waals surface area (Å²) in [6.07, 6.45) is 0.819. The average molecular weight is 241 g/mol. The van der Waals surface area contributed by atoms with Crippen molar-refractivity contribution in [3.63, 3.8) is 0 Å². The summed E-state index contributed by atoms with van der Waals surface area (Å²) >= 11 is 0. The highest BCUT2D eigenvalue weighted by Crippen LogP contribution is 2.04. The van der Waals surface area contributed by atoms with Crippen molar-refractivity contribution in [2.45, 2.75) is 33.7 Å². The quantitative estimate of drug-likeness (QED) is 0.530. The molecule has 1 aromatic rings. The van der Waals surface area contributed by atoms with Crippen molar-refractivity contribution in [1.82, 2.24) is 14.8 Å². The first-order chi connectivity index (χ1) is 8.20. The van der Waals surface area contributed by atoms with E-state index in [1.54, 1.807) is 11.5 Å². The molecule has 0 aromatic carbocycles. The number of esters is 1. The minimum atomic E-state index is -0.426. The molecule has 0 radical (unpaired) electrons. The van der Waals surface area contributed by atoms with E-state index in [9.17, 15) is 4.79 Å². The lowest BCUT2D eigenvalue weighted by atomic mass is 10.4. The van der Waals surface area contributed by atoms with Gasteiger partial charge in [0.15, 0.2) is 0 Å². The van der Waals surface area contributed by atoms with Gasteiger partial charge in [-0.25, -0.2) is 4.79 Å². The van der Waals surface area contributed by atoms with Crippen molar-refractivity contribution in [2.24, 2.45) is 0 Å². The summed E-state index contributed by atoms with van der Waals surface area (Å²) in [4.78, 5) is 11.6. The fourth-order valence-corrected chi connectivity index (χ4v) is 1.46. The highest BCUT2D eigenvalue weighted by molar-refractivity contribution is 5.85. The third-order valence-corrected chi connectivity index (χ3v) is 2.27. The number of nitrogens with zero attached hydrogens (tertiary/aromatic N) is 3. The normalized spacial score (nSPS) is 10.5. The van der Waals surface area contributed by atoms with E-state index < -0.39 is 5.97 Å². The standard InChI is InChI=1S/C11H19N3O3/c1-4-16-8-6-7-14-9(3)12-13-10(14)11(15)17-5-2/h4-8H2,1-3H3. The Bertz CT molecular complexity index is 363. The Labute approximate surface area is 101 Å². The third kappa shape index (κ3) is 3.81. The molecule has 0 atom stereocenters. The minimum Gasteiger partial charge on any atom is -0.460 e.